The van der Waals surface area contributed by atoms with E-state index in [2.05, 4.69) is 33.8 Å². The summed E-state index contributed by atoms with van der Waals surface area (Å²) in [5, 5.41) is 0. The average molecular weight is 419 g/mol. The predicted octanol–water partition coefficient (Wildman–Crippen LogP) is 3.82. The number of carbonyl (C=O) groups excluding carboxylic acids is 1. The number of para-hydroxylation sites is 2. The summed E-state index contributed by atoms with van der Waals surface area (Å²) in [6.07, 6.45) is -0.0804. The van der Waals surface area contributed by atoms with Crippen LogP contribution in [0, 0.1) is 0 Å². The molecule has 5 nitrogen and oxygen atoms in total. The van der Waals surface area contributed by atoms with Gasteiger partial charge in [-0.2, -0.15) is 0 Å². The summed E-state index contributed by atoms with van der Waals surface area (Å²) in [6.45, 7) is 4.29. The number of fused-ring (bicyclic) bond motifs is 1. The lowest BCUT2D eigenvalue weighted by Gasteiger charge is -2.37. The molecule has 3 rings (SSSR count). The molecule has 1 aliphatic heterocycles. The molecule has 26 heavy (non-hydrogen) atoms. The van der Waals surface area contributed by atoms with Crippen LogP contribution in [0.3, 0.4) is 0 Å². The maximum atomic E-state index is 12.9. The maximum Gasteiger partial charge on any atom is 0.255 e. The van der Waals surface area contributed by atoms with E-state index < -0.39 is 0 Å². The number of likely N-dealkylation sites (N-methyl/N-ethyl adjacent to an activating group) is 2. The highest BCUT2D eigenvalue weighted by atomic mass is 79.9. The second kappa shape index (κ2) is 7.99. The van der Waals surface area contributed by atoms with Gasteiger partial charge in [0.05, 0.1) is 31.5 Å². The fraction of sp³-hybridized carbons (Fsp3) is 0.350. The predicted molar refractivity (Wildman–Crippen MR) is 106 cm³/mol. The minimum atomic E-state index is -0.0804. The molecule has 1 aliphatic rings. The van der Waals surface area contributed by atoms with Crippen molar-refractivity contribution in [2.45, 2.75) is 13.0 Å². The third-order valence-corrected chi connectivity index (χ3v) is 5.22. The van der Waals surface area contributed by atoms with Crippen LogP contribution in [0.1, 0.15) is 17.3 Å². The van der Waals surface area contributed by atoms with Crippen LogP contribution in [-0.2, 0) is 0 Å². The van der Waals surface area contributed by atoms with Crippen molar-refractivity contribution in [1.82, 2.24) is 4.90 Å². The molecule has 0 bridgehead atoms. The first-order valence-corrected chi connectivity index (χ1v) is 9.42. The van der Waals surface area contributed by atoms with Gasteiger partial charge in [-0.05, 0) is 53.2 Å². The summed E-state index contributed by atoms with van der Waals surface area (Å²) >= 11 is 3.45. The molecule has 1 amide bonds. The number of halogens is 1. The number of ether oxygens (including phenoxy) is 2. The van der Waals surface area contributed by atoms with E-state index in [1.165, 1.54) is 0 Å². The van der Waals surface area contributed by atoms with Crippen molar-refractivity contribution in [2.24, 2.45) is 0 Å². The van der Waals surface area contributed by atoms with E-state index in [0.717, 1.165) is 29.0 Å². The van der Waals surface area contributed by atoms with Gasteiger partial charge in [-0.1, -0.05) is 12.1 Å². The molecule has 2 aromatic carbocycles. The molecule has 0 aromatic heterocycles. The normalized spacial score (nSPS) is 15.8. The summed E-state index contributed by atoms with van der Waals surface area (Å²) in [6, 6.07) is 13.4. The van der Waals surface area contributed by atoms with E-state index in [1.54, 1.807) is 25.1 Å². The van der Waals surface area contributed by atoms with Gasteiger partial charge in [-0.15, -0.1) is 0 Å². The molecular formula is C20H23BrN2O3. The highest BCUT2D eigenvalue weighted by Gasteiger charge is 2.27. The summed E-state index contributed by atoms with van der Waals surface area (Å²) in [5.41, 5.74) is 1.69. The Kier molecular flexibility index (Phi) is 5.71. The molecule has 0 saturated heterocycles. The smallest absolute Gasteiger partial charge is 0.255 e. The Morgan fingerprint density at radius 1 is 1.35 bits per heavy atom. The average Bonchev–Trinajstić information content (AvgIpc) is 2.67. The fourth-order valence-electron chi connectivity index (χ4n) is 3.16. The van der Waals surface area contributed by atoms with Gasteiger partial charge in [-0.3, -0.25) is 4.79 Å². The number of amides is 1. The van der Waals surface area contributed by atoms with Gasteiger partial charge in [0.1, 0.15) is 17.6 Å². The molecule has 0 fully saturated rings. The van der Waals surface area contributed by atoms with Crippen LogP contribution in [0.5, 0.6) is 11.5 Å². The van der Waals surface area contributed by atoms with Gasteiger partial charge in [0.2, 0.25) is 0 Å². The Morgan fingerprint density at radius 2 is 2.12 bits per heavy atom. The number of benzene rings is 2. The Morgan fingerprint density at radius 3 is 2.85 bits per heavy atom. The molecule has 0 N–H and O–H groups in total. The number of rotatable bonds is 5. The van der Waals surface area contributed by atoms with E-state index in [9.17, 15) is 4.79 Å². The summed E-state index contributed by atoms with van der Waals surface area (Å²) < 4.78 is 12.1. The second-order valence-corrected chi connectivity index (χ2v) is 7.13. The van der Waals surface area contributed by atoms with Crippen LogP contribution in [-0.4, -0.2) is 50.7 Å². The van der Waals surface area contributed by atoms with Gasteiger partial charge in [-0.25, -0.2) is 0 Å². The molecule has 6 heteroatoms. The number of hydrogen-bond acceptors (Lipinski definition) is 4. The van der Waals surface area contributed by atoms with Gasteiger partial charge in [0.15, 0.2) is 0 Å². The zero-order valence-corrected chi connectivity index (χ0v) is 16.8. The summed E-state index contributed by atoms with van der Waals surface area (Å²) in [7, 11) is 3.39. The van der Waals surface area contributed by atoms with Crippen LogP contribution in [0.2, 0.25) is 0 Å². The number of hydrogen-bond donors (Lipinski definition) is 0. The summed E-state index contributed by atoms with van der Waals surface area (Å²) in [5.74, 6) is 1.46. The topological polar surface area (TPSA) is 42.0 Å². The molecule has 138 valence electrons. The third kappa shape index (κ3) is 3.80. The number of anilines is 1. The van der Waals surface area contributed by atoms with Crippen LogP contribution in [0.4, 0.5) is 5.69 Å². The third-order valence-electron chi connectivity index (χ3n) is 4.53. The van der Waals surface area contributed by atoms with E-state index in [0.29, 0.717) is 17.9 Å². The van der Waals surface area contributed by atoms with E-state index in [-0.39, 0.29) is 12.0 Å². The van der Waals surface area contributed by atoms with Crippen molar-refractivity contribution >= 4 is 27.5 Å². The van der Waals surface area contributed by atoms with Crippen LogP contribution in [0.15, 0.2) is 46.9 Å². The molecule has 1 atom stereocenters. The Bertz CT molecular complexity index is 796. The standard InChI is InChI=1S/C20H23BrN2O3/c1-4-23-13-15(26-19-8-6-5-7-18(19)23)12-22(2)20(24)16-11-14(25-3)9-10-17(16)21/h5-11,15H,4,12-13H2,1-3H3/t15-/m0/s1. The number of nitrogens with zero attached hydrogens (tertiary/aromatic N) is 2. The van der Waals surface area contributed by atoms with Crippen LogP contribution < -0.4 is 14.4 Å². The lowest BCUT2D eigenvalue weighted by molar-refractivity contribution is 0.0708. The van der Waals surface area contributed by atoms with E-state index in [1.807, 2.05) is 30.3 Å². The van der Waals surface area contributed by atoms with E-state index in [4.69, 9.17) is 9.47 Å². The fourth-order valence-corrected chi connectivity index (χ4v) is 3.58. The molecule has 0 saturated carbocycles. The monoisotopic (exact) mass is 418 g/mol. The van der Waals surface area contributed by atoms with Crippen LogP contribution >= 0.6 is 15.9 Å². The van der Waals surface area contributed by atoms with Crippen molar-refractivity contribution in [3.8, 4) is 11.5 Å². The first-order chi connectivity index (χ1) is 12.5. The Labute approximate surface area is 162 Å². The van der Waals surface area contributed by atoms with Crippen molar-refractivity contribution in [1.29, 1.82) is 0 Å². The Hall–Kier alpha value is -2.21. The Balaban J connectivity index is 1.74. The first kappa shape index (κ1) is 18.6. The largest absolute Gasteiger partial charge is 0.497 e. The minimum Gasteiger partial charge on any atom is -0.497 e. The summed E-state index contributed by atoms with van der Waals surface area (Å²) in [4.78, 5) is 16.9. The lowest BCUT2D eigenvalue weighted by Crippen LogP contribution is -2.46. The lowest BCUT2D eigenvalue weighted by atomic mass is 10.1. The molecule has 0 aliphatic carbocycles. The molecule has 1 heterocycles. The molecule has 2 aromatic rings. The van der Waals surface area contributed by atoms with Crippen molar-refractivity contribution in [3.05, 3.63) is 52.5 Å². The minimum absolute atomic E-state index is 0.0683. The second-order valence-electron chi connectivity index (χ2n) is 6.28. The van der Waals surface area contributed by atoms with Gasteiger partial charge < -0.3 is 19.3 Å². The SMILES string of the molecule is CCN1C[C@H](CN(C)C(=O)c2cc(OC)ccc2Br)Oc2ccccc21. The number of methoxy groups -OCH3 is 1. The van der Waals surface area contributed by atoms with Gasteiger partial charge >= 0.3 is 0 Å². The molecule has 0 spiro atoms. The highest BCUT2D eigenvalue weighted by molar-refractivity contribution is 9.10. The van der Waals surface area contributed by atoms with E-state index >= 15 is 0 Å². The van der Waals surface area contributed by atoms with Crippen molar-refractivity contribution < 1.29 is 14.3 Å². The molecule has 0 radical (unpaired) electrons. The quantitative estimate of drug-likeness (QED) is 0.739. The van der Waals surface area contributed by atoms with Crippen LogP contribution in [0.25, 0.3) is 0 Å². The zero-order valence-electron chi connectivity index (χ0n) is 15.2. The van der Waals surface area contributed by atoms with Gasteiger partial charge in [0, 0.05) is 18.1 Å². The van der Waals surface area contributed by atoms with Crippen molar-refractivity contribution in [2.75, 3.05) is 38.7 Å². The van der Waals surface area contributed by atoms with Gasteiger partial charge in [0.25, 0.3) is 5.91 Å². The maximum absolute atomic E-state index is 12.9. The van der Waals surface area contributed by atoms with Crippen molar-refractivity contribution in [3.63, 3.8) is 0 Å². The first-order valence-electron chi connectivity index (χ1n) is 8.63. The number of carbonyl (C=O) groups is 1. The molecule has 0 unspecified atom stereocenters. The molecular weight excluding hydrogens is 396 g/mol. The highest BCUT2D eigenvalue weighted by Crippen LogP contribution is 2.33. The zero-order chi connectivity index (χ0) is 18.7.